The van der Waals surface area contributed by atoms with Gasteiger partial charge in [-0.05, 0) is 23.3 Å². The smallest absolute Gasteiger partial charge is 0.0687 e. The molecular weight excluding hydrogens is 379 g/mol. The molecule has 0 aliphatic carbocycles. The Hall–Kier alpha value is -2.58. The summed E-state index contributed by atoms with van der Waals surface area (Å²) in [5.74, 6) is 0. The van der Waals surface area contributed by atoms with Crippen LogP contribution in [0.25, 0.3) is 11.1 Å². The summed E-state index contributed by atoms with van der Waals surface area (Å²) < 4.78 is 1.10. The Kier molecular flexibility index (Phi) is 5.03. The second kappa shape index (κ2) is 7.76. The highest BCUT2D eigenvalue weighted by molar-refractivity contribution is 9.10. The molecule has 26 heavy (non-hydrogen) atoms. The molecule has 0 heterocycles. The largest absolute Gasteiger partial charge is 0.241 e. The van der Waals surface area contributed by atoms with E-state index in [1.54, 1.807) is 0 Å². The Morgan fingerprint density at radius 1 is 0.462 bits per heavy atom. The molecule has 4 aromatic carbocycles. The number of halogens is 1. The van der Waals surface area contributed by atoms with Gasteiger partial charge in [0, 0.05) is 4.47 Å². The molecule has 4 rings (SSSR count). The maximum atomic E-state index is 3.58. The van der Waals surface area contributed by atoms with Gasteiger partial charge in [0.05, 0.1) is 0 Å². The zero-order valence-electron chi connectivity index (χ0n) is 14.3. The Bertz CT molecular complexity index is 957. The van der Waals surface area contributed by atoms with Crippen LogP contribution in [-0.2, 0) is 0 Å². The van der Waals surface area contributed by atoms with E-state index in [0.29, 0.717) is 0 Å². The van der Waals surface area contributed by atoms with Crippen LogP contribution in [0, 0.1) is 0 Å². The van der Waals surface area contributed by atoms with Crippen molar-refractivity contribution in [3.63, 3.8) is 0 Å². The number of hydrogen-bond acceptors (Lipinski definition) is 0. The summed E-state index contributed by atoms with van der Waals surface area (Å²) in [5.41, 5.74) is 6.39. The van der Waals surface area contributed by atoms with Crippen molar-refractivity contribution in [2.45, 2.75) is 0 Å². The van der Waals surface area contributed by atoms with Crippen LogP contribution in [0.2, 0.25) is 0 Å². The lowest BCUT2D eigenvalue weighted by atomic mass is 9.37. The molecule has 0 bridgehead atoms. The van der Waals surface area contributed by atoms with Crippen molar-refractivity contribution >= 4 is 39.0 Å². The molecule has 0 saturated carbocycles. The minimum Gasteiger partial charge on any atom is -0.0687 e. The molecule has 0 radical (unpaired) electrons. The van der Waals surface area contributed by atoms with Crippen LogP contribution < -0.4 is 16.4 Å². The fraction of sp³-hybridized carbons (Fsp3) is 0. The van der Waals surface area contributed by atoms with E-state index in [4.69, 9.17) is 0 Å². The number of hydrogen-bond donors (Lipinski definition) is 0. The molecule has 0 aromatic heterocycles. The van der Waals surface area contributed by atoms with E-state index in [1.165, 1.54) is 27.5 Å². The van der Waals surface area contributed by atoms with E-state index >= 15 is 0 Å². The normalized spacial score (nSPS) is 10.5. The lowest BCUT2D eigenvalue weighted by molar-refractivity contribution is 1.60. The van der Waals surface area contributed by atoms with Gasteiger partial charge in [-0.15, -0.1) is 0 Å². The summed E-state index contributed by atoms with van der Waals surface area (Å²) in [6, 6.07) is 38.8. The molecule has 2 heteroatoms. The molecule has 4 aromatic rings. The average molecular weight is 397 g/mol. The number of rotatable bonds is 4. The van der Waals surface area contributed by atoms with Crippen molar-refractivity contribution in [2.75, 3.05) is 0 Å². The summed E-state index contributed by atoms with van der Waals surface area (Å²) in [4.78, 5) is 0. The lowest BCUT2D eigenvalue weighted by Gasteiger charge is -2.16. The summed E-state index contributed by atoms with van der Waals surface area (Å²) >= 11 is 3.58. The molecule has 124 valence electrons. The SMILES string of the molecule is Brc1cccc(-c2cccc(B(c3ccccc3)c3ccccc3)c2)c1. The van der Waals surface area contributed by atoms with E-state index in [-0.39, 0.29) is 6.71 Å². The molecule has 0 spiro atoms. The molecule has 0 unspecified atom stereocenters. The van der Waals surface area contributed by atoms with Gasteiger partial charge < -0.3 is 0 Å². The molecule has 0 amide bonds. The molecule has 0 aliphatic heterocycles. The van der Waals surface area contributed by atoms with Gasteiger partial charge >= 0.3 is 0 Å². The standard InChI is InChI=1S/C24H18BBr/c26-24-16-8-10-20(18-24)19-9-7-15-23(17-19)25(21-11-3-1-4-12-21)22-13-5-2-6-14-22/h1-18H. The van der Waals surface area contributed by atoms with Gasteiger partial charge in [0.1, 0.15) is 0 Å². The van der Waals surface area contributed by atoms with E-state index < -0.39 is 0 Å². The Morgan fingerprint density at radius 2 is 0.962 bits per heavy atom. The maximum Gasteiger partial charge on any atom is 0.241 e. The lowest BCUT2D eigenvalue weighted by Crippen LogP contribution is -2.51. The van der Waals surface area contributed by atoms with Crippen molar-refractivity contribution in [3.05, 3.63) is 114 Å². The van der Waals surface area contributed by atoms with Gasteiger partial charge in [-0.3, -0.25) is 0 Å². The third kappa shape index (κ3) is 3.66. The molecular formula is C24H18BBr. The van der Waals surface area contributed by atoms with Crippen LogP contribution in [0.3, 0.4) is 0 Å². The highest BCUT2D eigenvalue weighted by Crippen LogP contribution is 2.22. The van der Waals surface area contributed by atoms with Gasteiger partial charge in [0.2, 0.25) is 6.71 Å². The van der Waals surface area contributed by atoms with Gasteiger partial charge in [-0.2, -0.15) is 0 Å². The fourth-order valence-corrected chi connectivity index (χ4v) is 3.83. The summed E-state index contributed by atoms with van der Waals surface area (Å²) in [7, 11) is 0. The van der Waals surface area contributed by atoms with E-state index in [9.17, 15) is 0 Å². The third-order valence-corrected chi connectivity index (χ3v) is 5.14. The van der Waals surface area contributed by atoms with Gasteiger partial charge in [0.25, 0.3) is 0 Å². The minimum atomic E-state index is 0.226. The zero-order chi connectivity index (χ0) is 17.8. The predicted octanol–water partition coefficient (Wildman–Crippen LogP) is 4.63. The summed E-state index contributed by atoms with van der Waals surface area (Å²) in [6.45, 7) is 0.226. The van der Waals surface area contributed by atoms with Crippen LogP contribution >= 0.6 is 15.9 Å². The van der Waals surface area contributed by atoms with Crippen LogP contribution in [0.4, 0.5) is 0 Å². The molecule has 0 aliphatic rings. The van der Waals surface area contributed by atoms with Crippen LogP contribution in [-0.4, -0.2) is 6.71 Å². The second-order valence-corrected chi connectivity index (χ2v) is 7.31. The monoisotopic (exact) mass is 396 g/mol. The zero-order valence-corrected chi connectivity index (χ0v) is 15.9. The van der Waals surface area contributed by atoms with Gasteiger partial charge in [-0.25, -0.2) is 0 Å². The highest BCUT2D eigenvalue weighted by Gasteiger charge is 2.21. The molecule has 0 N–H and O–H groups in total. The number of benzene rings is 4. The first-order valence-corrected chi connectivity index (χ1v) is 9.56. The minimum absolute atomic E-state index is 0.226. The summed E-state index contributed by atoms with van der Waals surface area (Å²) in [6.07, 6.45) is 0. The van der Waals surface area contributed by atoms with Crippen molar-refractivity contribution < 1.29 is 0 Å². The Labute approximate surface area is 163 Å². The van der Waals surface area contributed by atoms with E-state index in [1.807, 2.05) is 0 Å². The van der Waals surface area contributed by atoms with Crippen molar-refractivity contribution in [2.24, 2.45) is 0 Å². The van der Waals surface area contributed by atoms with Crippen LogP contribution in [0.15, 0.2) is 114 Å². The average Bonchev–Trinajstić information content (AvgIpc) is 2.70. The topological polar surface area (TPSA) is 0 Å². The third-order valence-electron chi connectivity index (χ3n) is 4.64. The quantitative estimate of drug-likeness (QED) is 0.441. The Morgan fingerprint density at radius 3 is 1.54 bits per heavy atom. The molecule has 0 fully saturated rings. The Balaban J connectivity index is 1.83. The van der Waals surface area contributed by atoms with Gasteiger partial charge in [0.15, 0.2) is 0 Å². The van der Waals surface area contributed by atoms with Crippen LogP contribution in [0.5, 0.6) is 0 Å². The predicted molar refractivity (Wildman–Crippen MR) is 117 cm³/mol. The second-order valence-electron chi connectivity index (χ2n) is 6.39. The van der Waals surface area contributed by atoms with E-state index in [0.717, 1.165) is 4.47 Å². The van der Waals surface area contributed by atoms with E-state index in [2.05, 4.69) is 125 Å². The molecule has 0 atom stereocenters. The van der Waals surface area contributed by atoms with Gasteiger partial charge in [-0.1, -0.05) is 129 Å². The van der Waals surface area contributed by atoms with Crippen molar-refractivity contribution in [3.8, 4) is 11.1 Å². The molecule has 0 saturated heterocycles. The van der Waals surface area contributed by atoms with Crippen molar-refractivity contribution in [1.29, 1.82) is 0 Å². The first-order valence-electron chi connectivity index (χ1n) is 8.77. The first-order chi connectivity index (χ1) is 12.8. The fourth-order valence-electron chi connectivity index (χ4n) is 3.43. The highest BCUT2D eigenvalue weighted by atomic mass is 79.9. The maximum absolute atomic E-state index is 3.58. The van der Waals surface area contributed by atoms with Crippen molar-refractivity contribution in [1.82, 2.24) is 0 Å². The first kappa shape index (κ1) is 16.9. The van der Waals surface area contributed by atoms with Crippen LogP contribution in [0.1, 0.15) is 0 Å². The summed E-state index contributed by atoms with van der Waals surface area (Å²) in [5, 5.41) is 0. The molecule has 0 nitrogen and oxygen atoms in total.